The molecule has 0 radical (unpaired) electrons. The Morgan fingerprint density at radius 3 is 1.76 bits per heavy atom. The van der Waals surface area contributed by atoms with Gasteiger partial charge in [-0.2, -0.15) is 0 Å². The zero-order chi connectivity index (χ0) is 19.0. The molecule has 0 aliphatic carbocycles. The highest BCUT2D eigenvalue weighted by Crippen LogP contribution is 2.31. The second-order valence-electron chi connectivity index (χ2n) is 6.99. The van der Waals surface area contributed by atoms with Crippen molar-refractivity contribution < 1.29 is 19.0 Å². The molecule has 0 N–H and O–H groups in total. The van der Waals surface area contributed by atoms with E-state index in [1.165, 1.54) is 49.9 Å². The predicted octanol–water partition coefficient (Wildman–Crippen LogP) is 5.21. The Hall–Kier alpha value is -0.653. The van der Waals surface area contributed by atoms with Gasteiger partial charge >= 0.3 is 5.97 Å². The molecular weight excluding hydrogens is 332 g/mol. The Labute approximate surface area is 156 Å². The lowest BCUT2D eigenvalue weighted by Gasteiger charge is -2.31. The van der Waals surface area contributed by atoms with E-state index in [0.29, 0.717) is 25.4 Å². The van der Waals surface area contributed by atoms with Crippen LogP contribution >= 0.6 is 0 Å². The summed E-state index contributed by atoms with van der Waals surface area (Å²) in [5.74, 6) is -0.362. The fourth-order valence-electron chi connectivity index (χ4n) is 3.53. The molecule has 5 heteroatoms. The third kappa shape index (κ3) is 12.4. The normalized spacial score (nSPS) is 11.5. The summed E-state index contributed by atoms with van der Waals surface area (Å²) in [5, 5.41) is 0. The summed E-state index contributed by atoms with van der Waals surface area (Å²) >= 11 is 0. The lowest BCUT2D eigenvalue weighted by atomic mass is 10.4. The summed E-state index contributed by atoms with van der Waals surface area (Å²) in [6.45, 7) is 14.8. The van der Waals surface area contributed by atoms with Crippen LogP contribution in [0.15, 0.2) is 12.2 Å². The van der Waals surface area contributed by atoms with Crippen LogP contribution in [-0.4, -0.2) is 47.1 Å². The van der Waals surface area contributed by atoms with Crippen LogP contribution in [0.5, 0.6) is 0 Å². The van der Waals surface area contributed by atoms with Crippen LogP contribution < -0.4 is 0 Å². The summed E-state index contributed by atoms with van der Waals surface area (Å²) in [5.41, 5.74) is 0.414. The smallest absolute Gasteiger partial charge is 0.333 e. The van der Waals surface area contributed by atoms with Crippen molar-refractivity contribution in [3.05, 3.63) is 12.2 Å². The van der Waals surface area contributed by atoms with Gasteiger partial charge in [0.05, 0.1) is 27.9 Å². The van der Waals surface area contributed by atoms with Crippen molar-refractivity contribution in [2.75, 3.05) is 33.0 Å². The zero-order valence-corrected chi connectivity index (χ0v) is 18.0. The van der Waals surface area contributed by atoms with Crippen molar-refractivity contribution >= 4 is 14.0 Å². The number of rotatable bonds is 17. The standard InChI is InChI=1S/C20H40O4Si/c1-6-15-25(16-7-2,17-8-3)18-9-10-22-11-12-23-13-14-24-20(21)19(4)5/h4,6-18H2,1-3,5H3. The number of carbonyl (C=O) groups excluding carboxylic acids is 1. The van der Waals surface area contributed by atoms with Crippen LogP contribution in [-0.2, 0) is 19.0 Å². The summed E-state index contributed by atoms with van der Waals surface area (Å²) in [7, 11) is -1.07. The molecule has 148 valence electrons. The Kier molecular flexibility index (Phi) is 15.2. The molecule has 0 saturated heterocycles. The molecule has 25 heavy (non-hydrogen) atoms. The van der Waals surface area contributed by atoms with Gasteiger partial charge in [-0.05, 0) is 13.3 Å². The summed E-state index contributed by atoms with van der Waals surface area (Å²) < 4.78 is 16.1. The van der Waals surface area contributed by atoms with E-state index in [-0.39, 0.29) is 12.6 Å². The molecule has 0 amide bonds. The molecule has 0 aromatic heterocycles. The molecule has 0 heterocycles. The van der Waals surface area contributed by atoms with Crippen LogP contribution in [0.1, 0.15) is 53.4 Å². The summed E-state index contributed by atoms with van der Waals surface area (Å²) in [6.07, 6.45) is 5.17. The van der Waals surface area contributed by atoms with Crippen molar-refractivity contribution in [2.24, 2.45) is 0 Å². The highest BCUT2D eigenvalue weighted by atomic mass is 28.3. The highest BCUT2D eigenvalue weighted by molar-refractivity contribution is 6.79. The van der Waals surface area contributed by atoms with Gasteiger partial charge in [0.25, 0.3) is 0 Å². The average molecular weight is 373 g/mol. The number of carbonyl (C=O) groups is 1. The van der Waals surface area contributed by atoms with Crippen LogP contribution in [0.2, 0.25) is 24.2 Å². The van der Waals surface area contributed by atoms with Crippen molar-refractivity contribution in [1.29, 1.82) is 0 Å². The minimum atomic E-state index is -1.07. The maximum absolute atomic E-state index is 11.2. The fraction of sp³-hybridized carbons (Fsp3) is 0.850. The first-order valence-corrected chi connectivity index (χ1v) is 12.8. The van der Waals surface area contributed by atoms with E-state index in [9.17, 15) is 4.79 Å². The predicted molar refractivity (Wildman–Crippen MR) is 108 cm³/mol. The molecule has 0 aliphatic heterocycles. The SMILES string of the molecule is C=C(C)C(=O)OCCOCCOCCC[Si](CCC)(CCC)CCC. The molecule has 0 fully saturated rings. The Morgan fingerprint density at radius 2 is 1.28 bits per heavy atom. The van der Waals surface area contributed by atoms with E-state index in [1.807, 2.05) is 0 Å². The Morgan fingerprint density at radius 1 is 0.800 bits per heavy atom. The third-order valence-corrected chi connectivity index (χ3v) is 10.6. The van der Waals surface area contributed by atoms with Gasteiger partial charge in [-0.1, -0.05) is 70.8 Å². The second kappa shape index (κ2) is 15.6. The average Bonchev–Trinajstić information content (AvgIpc) is 2.57. The maximum Gasteiger partial charge on any atom is 0.333 e. The molecular formula is C20H40O4Si. The quantitative estimate of drug-likeness (QED) is 0.152. The Bertz CT molecular complexity index is 341. The van der Waals surface area contributed by atoms with Crippen LogP contribution in [0.25, 0.3) is 0 Å². The van der Waals surface area contributed by atoms with E-state index in [0.717, 1.165) is 6.61 Å². The number of esters is 1. The van der Waals surface area contributed by atoms with Gasteiger partial charge in [-0.15, -0.1) is 0 Å². The summed E-state index contributed by atoms with van der Waals surface area (Å²) in [6, 6.07) is 5.82. The second-order valence-corrected chi connectivity index (χ2v) is 12.0. The number of hydrogen-bond acceptors (Lipinski definition) is 4. The molecule has 0 aromatic rings. The first-order chi connectivity index (χ1) is 12.0. The molecule has 0 spiro atoms. The van der Waals surface area contributed by atoms with Gasteiger partial charge in [0.1, 0.15) is 6.61 Å². The van der Waals surface area contributed by atoms with Gasteiger partial charge in [0.15, 0.2) is 0 Å². The van der Waals surface area contributed by atoms with Crippen molar-refractivity contribution in [1.82, 2.24) is 0 Å². The van der Waals surface area contributed by atoms with Crippen LogP contribution in [0.4, 0.5) is 0 Å². The van der Waals surface area contributed by atoms with Crippen molar-refractivity contribution in [3.63, 3.8) is 0 Å². The highest BCUT2D eigenvalue weighted by Gasteiger charge is 2.29. The molecule has 0 atom stereocenters. The van der Waals surface area contributed by atoms with Crippen molar-refractivity contribution in [3.8, 4) is 0 Å². The minimum absolute atomic E-state index is 0.269. The van der Waals surface area contributed by atoms with E-state index < -0.39 is 8.07 Å². The molecule has 4 nitrogen and oxygen atoms in total. The molecule has 0 rings (SSSR count). The lowest BCUT2D eigenvalue weighted by molar-refractivity contribution is -0.140. The maximum atomic E-state index is 11.2. The molecule has 0 unspecified atom stereocenters. The van der Waals surface area contributed by atoms with E-state index >= 15 is 0 Å². The van der Waals surface area contributed by atoms with E-state index in [4.69, 9.17) is 14.2 Å². The van der Waals surface area contributed by atoms with Gasteiger partial charge < -0.3 is 14.2 Å². The first-order valence-electron chi connectivity index (χ1n) is 9.99. The molecule has 0 saturated carbocycles. The first kappa shape index (κ1) is 24.3. The lowest BCUT2D eigenvalue weighted by Crippen LogP contribution is -2.33. The number of hydrogen-bond donors (Lipinski definition) is 0. The zero-order valence-electron chi connectivity index (χ0n) is 17.0. The van der Waals surface area contributed by atoms with Gasteiger partial charge in [-0.25, -0.2) is 4.79 Å². The van der Waals surface area contributed by atoms with E-state index in [2.05, 4.69) is 27.4 Å². The topological polar surface area (TPSA) is 44.8 Å². The van der Waals surface area contributed by atoms with Crippen LogP contribution in [0.3, 0.4) is 0 Å². The molecule has 0 aromatic carbocycles. The van der Waals surface area contributed by atoms with Crippen LogP contribution in [0, 0.1) is 0 Å². The fourth-order valence-corrected chi connectivity index (χ4v) is 9.11. The minimum Gasteiger partial charge on any atom is -0.460 e. The van der Waals surface area contributed by atoms with E-state index in [1.54, 1.807) is 6.92 Å². The third-order valence-electron chi connectivity index (χ3n) is 4.52. The Balaban J connectivity index is 3.72. The summed E-state index contributed by atoms with van der Waals surface area (Å²) in [4.78, 5) is 11.2. The largest absolute Gasteiger partial charge is 0.460 e. The molecule has 0 bridgehead atoms. The number of ether oxygens (including phenoxy) is 3. The van der Waals surface area contributed by atoms with Gasteiger partial charge in [0, 0.05) is 12.2 Å². The van der Waals surface area contributed by atoms with Gasteiger partial charge in [-0.3, -0.25) is 0 Å². The van der Waals surface area contributed by atoms with Gasteiger partial charge in [0.2, 0.25) is 0 Å². The van der Waals surface area contributed by atoms with Crippen molar-refractivity contribution in [2.45, 2.75) is 77.6 Å². The molecule has 0 aliphatic rings. The monoisotopic (exact) mass is 372 g/mol.